The molecule has 3 heteroatoms. The average molecular weight is 316 g/mol. The molecule has 0 radical (unpaired) electrons. The minimum Gasteiger partial charge on any atom is -0.306 e. The van der Waals surface area contributed by atoms with Gasteiger partial charge in [0.25, 0.3) is 0 Å². The Morgan fingerprint density at radius 2 is 2.00 bits per heavy atom. The summed E-state index contributed by atoms with van der Waals surface area (Å²) >= 11 is 3.75. The SMILES string of the molecule is CCCNC(c1cc2sccc2s1)c1cccc(C)c1C. The zero-order valence-electron chi connectivity index (χ0n) is 12.8. The normalized spacial score (nSPS) is 12.9. The quantitative estimate of drug-likeness (QED) is 0.640. The molecule has 0 spiro atoms. The van der Waals surface area contributed by atoms with Gasteiger partial charge in [0, 0.05) is 14.3 Å². The van der Waals surface area contributed by atoms with Gasteiger partial charge in [0.15, 0.2) is 0 Å². The smallest absolute Gasteiger partial charge is 0.0674 e. The minimum absolute atomic E-state index is 0.314. The lowest BCUT2D eigenvalue weighted by atomic mass is 9.96. The van der Waals surface area contributed by atoms with Gasteiger partial charge in [0.1, 0.15) is 0 Å². The Hall–Kier alpha value is -1.16. The van der Waals surface area contributed by atoms with E-state index >= 15 is 0 Å². The molecule has 110 valence electrons. The molecule has 1 aromatic carbocycles. The molecule has 1 atom stereocenters. The van der Waals surface area contributed by atoms with E-state index in [0.29, 0.717) is 6.04 Å². The third-order valence-electron chi connectivity index (χ3n) is 4.00. The second-order valence-corrected chi connectivity index (χ2v) is 7.54. The largest absolute Gasteiger partial charge is 0.306 e. The molecule has 0 saturated carbocycles. The highest BCUT2D eigenvalue weighted by Crippen LogP contribution is 2.37. The molecule has 0 aliphatic carbocycles. The number of thiophene rings is 2. The maximum Gasteiger partial charge on any atom is 0.0674 e. The summed E-state index contributed by atoms with van der Waals surface area (Å²) in [5.74, 6) is 0. The van der Waals surface area contributed by atoms with Crippen molar-refractivity contribution in [1.82, 2.24) is 5.32 Å². The van der Waals surface area contributed by atoms with Crippen LogP contribution in [0.2, 0.25) is 0 Å². The molecule has 0 amide bonds. The van der Waals surface area contributed by atoms with Gasteiger partial charge in [0.2, 0.25) is 0 Å². The predicted molar refractivity (Wildman–Crippen MR) is 95.8 cm³/mol. The van der Waals surface area contributed by atoms with Gasteiger partial charge in [-0.05, 0) is 61.0 Å². The van der Waals surface area contributed by atoms with Crippen LogP contribution in [0.5, 0.6) is 0 Å². The molecule has 1 N–H and O–H groups in total. The van der Waals surface area contributed by atoms with Gasteiger partial charge in [-0.25, -0.2) is 0 Å². The molecule has 1 unspecified atom stereocenters. The summed E-state index contributed by atoms with van der Waals surface area (Å²) in [6, 6.07) is 11.5. The van der Waals surface area contributed by atoms with Crippen LogP contribution in [-0.2, 0) is 0 Å². The van der Waals surface area contributed by atoms with Crippen LogP contribution in [0.4, 0.5) is 0 Å². The summed E-state index contributed by atoms with van der Waals surface area (Å²) in [6.45, 7) is 7.70. The van der Waals surface area contributed by atoms with E-state index < -0.39 is 0 Å². The molecule has 2 heterocycles. The maximum absolute atomic E-state index is 3.74. The number of aryl methyl sites for hydroxylation is 1. The van der Waals surface area contributed by atoms with Crippen molar-refractivity contribution >= 4 is 32.1 Å². The first-order valence-electron chi connectivity index (χ1n) is 7.47. The van der Waals surface area contributed by atoms with Crippen LogP contribution in [-0.4, -0.2) is 6.54 Å². The van der Waals surface area contributed by atoms with Crippen molar-refractivity contribution in [3.05, 3.63) is 57.3 Å². The number of rotatable bonds is 5. The highest BCUT2D eigenvalue weighted by atomic mass is 32.1. The molecule has 0 fully saturated rings. The number of nitrogens with one attached hydrogen (secondary N) is 1. The first-order chi connectivity index (χ1) is 10.2. The van der Waals surface area contributed by atoms with Crippen molar-refractivity contribution < 1.29 is 0 Å². The van der Waals surface area contributed by atoms with Crippen molar-refractivity contribution in [2.75, 3.05) is 6.54 Å². The Kier molecular flexibility index (Phi) is 4.43. The molecule has 0 aliphatic rings. The highest BCUT2D eigenvalue weighted by Gasteiger charge is 2.18. The summed E-state index contributed by atoms with van der Waals surface area (Å²) in [5.41, 5.74) is 4.19. The first kappa shape index (κ1) is 14.8. The van der Waals surface area contributed by atoms with Crippen LogP contribution in [0.25, 0.3) is 9.40 Å². The summed E-state index contributed by atoms with van der Waals surface area (Å²) < 4.78 is 2.81. The van der Waals surface area contributed by atoms with E-state index in [0.717, 1.165) is 13.0 Å². The van der Waals surface area contributed by atoms with Crippen LogP contribution >= 0.6 is 22.7 Å². The van der Waals surface area contributed by atoms with Crippen LogP contribution in [0.1, 0.15) is 41.0 Å². The fourth-order valence-corrected chi connectivity index (χ4v) is 4.88. The zero-order chi connectivity index (χ0) is 14.8. The first-order valence-corrected chi connectivity index (χ1v) is 9.16. The van der Waals surface area contributed by atoms with E-state index in [9.17, 15) is 0 Å². The lowest BCUT2D eigenvalue weighted by Crippen LogP contribution is -2.23. The molecule has 21 heavy (non-hydrogen) atoms. The van der Waals surface area contributed by atoms with Crippen LogP contribution < -0.4 is 5.32 Å². The van der Waals surface area contributed by atoms with Crippen molar-refractivity contribution in [3.8, 4) is 0 Å². The Bertz CT molecular complexity index is 710. The van der Waals surface area contributed by atoms with Crippen molar-refractivity contribution in [2.45, 2.75) is 33.2 Å². The number of fused-ring (bicyclic) bond motifs is 1. The molecule has 2 aromatic heterocycles. The second-order valence-electron chi connectivity index (χ2n) is 5.47. The standard InChI is InChI=1S/C18H21NS2/c1-4-9-19-18(14-7-5-6-12(2)13(14)3)17-11-16-15(21-17)8-10-20-16/h5-8,10-11,18-19H,4,9H2,1-3H3. The maximum atomic E-state index is 3.74. The zero-order valence-corrected chi connectivity index (χ0v) is 14.4. The van der Waals surface area contributed by atoms with Crippen molar-refractivity contribution in [2.24, 2.45) is 0 Å². The molecule has 0 saturated heterocycles. The fourth-order valence-electron chi connectivity index (χ4n) is 2.67. The van der Waals surface area contributed by atoms with Gasteiger partial charge >= 0.3 is 0 Å². The molecule has 0 aliphatic heterocycles. The van der Waals surface area contributed by atoms with Gasteiger partial charge in [0.05, 0.1) is 6.04 Å². The van der Waals surface area contributed by atoms with E-state index in [1.807, 2.05) is 22.7 Å². The van der Waals surface area contributed by atoms with Crippen LogP contribution in [0, 0.1) is 13.8 Å². The van der Waals surface area contributed by atoms with Crippen molar-refractivity contribution in [1.29, 1.82) is 0 Å². The third-order valence-corrected chi connectivity index (χ3v) is 6.16. The van der Waals surface area contributed by atoms with Gasteiger partial charge in [-0.1, -0.05) is 25.1 Å². The van der Waals surface area contributed by atoms with Gasteiger partial charge in [-0.15, -0.1) is 22.7 Å². The minimum atomic E-state index is 0.314. The van der Waals surface area contributed by atoms with E-state index in [-0.39, 0.29) is 0 Å². The summed E-state index contributed by atoms with van der Waals surface area (Å²) in [6.07, 6.45) is 1.15. The molecular formula is C18H21NS2. The molecule has 1 nitrogen and oxygen atoms in total. The lowest BCUT2D eigenvalue weighted by Gasteiger charge is -2.21. The Balaban J connectivity index is 2.04. The average Bonchev–Trinajstić information content (AvgIpc) is 3.05. The van der Waals surface area contributed by atoms with Crippen LogP contribution in [0.3, 0.4) is 0 Å². The van der Waals surface area contributed by atoms with Crippen molar-refractivity contribution in [3.63, 3.8) is 0 Å². The summed E-state index contributed by atoms with van der Waals surface area (Å²) in [5, 5.41) is 5.91. The fraction of sp³-hybridized carbons (Fsp3) is 0.333. The predicted octanol–water partition coefficient (Wildman–Crippen LogP) is 5.67. The Labute approximate surface area is 134 Å². The lowest BCUT2D eigenvalue weighted by molar-refractivity contribution is 0.603. The molecule has 3 aromatic rings. The van der Waals surface area contributed by atoms with E-state index in [1.165, 1.54) is 31.0 Å². The van der Waals surface area contributed by atoms with E-state index in [1.54, 1.807) is 0 Å². The number of hydrogen-bond donors (Lipinski definition) is 1. The Morgan fingerprint density at radius 1 is 1.14 bits per heavy atom. The van der Waals surface area contributed by atoms with Crippen LogP contribution in [0.15, 0.2) is 35.7 Å². The summed E-state index contributed by atoms with van der Waals surface area (Å²) in [7, 11) is 0. The van der Waals surface area contributed by atoms with Gasteiger partial charge in [-0.3, -0.25) is 0 Å². The van der Waals surface area contributed by atoms with E-state index in [2.05, 4.69) is 61.8 Å². The topological polar surface area (TPSA) is 12.0 Å². The van der Waals surface area contributed by atoms with Gasteiger partial charge < -0.3 is 5.32 Å². The van der Waals surface area contributed by atoms with E-state index in [4.69, 9.17) is 0 Å². The second kappa shape index (κ2) is 6.30. The molecule has 3 rings (SSSR count). The monoisotopic (exact) mass is 315 g/mol. The molecule has 0 bridgehead atoms. The van der Waals surface area contributed by atoms with Gasteiger partial charge in [-0.2, -0.15) is 0 Å². The third kappa shape index (κ3) is 2.91. The number of benzene rings is 1. The Morgan fingerprint density at radius 3 is 2.76 bits per heavy atom. The molecular weight excluding hydrogens is 294 g/mol. The highest BCUT2D eigenvalue weighted by molar-refractivity contribution is 7.27. The summed E-state index contributed by atoms with van der Waals surface area (Å²) in [4.78, 5) is 1.43. The number of hydrogen-bond acceptors (Lipinski definition) is 3.